The molecule has 2 rings (SSSR count). The predicted octanol–water partition coefficient (Wildman–Crippen LogP) is -1.03. The summed E-state index contributed by atoms with van der Waals surface area (Å²) in [7, 11) is 1.49. The molecule has 1 aromatic heterocycles. The standard InChI is InChI=1S/C11H17N3O5/c1-19-6-8(15)4-14-5-9(12-13-14)11(18)2-7(3-11)10(16)17/h5,7-8,15,18H,2-4,6H2,1H3,(H,16,17)/t7?,8-,11?/m1/s1. The fourth-order valence-corrected chi connectivity index (χ4v) is 2.20. The molecule has 1 heterocycles. The second-order valence-corrected chi connectivity index (χ2v) is 4.91. The molecule has 19 heavy (non-hydrogen) atoms. The number of aromatic nitrogens is 3. The molecule has 8 heteroatoms. The molecule has 0 unspecified atom stereocenters. The highest BCUT2D eigenvalue weighted by Gasteiger charge is 2.49. The molecule has 0 bridgehead atoms. The van der Waals surface area contributed by atoms with Crippen LogP contribution >= 0.6 is 0 Å². The third-order valence-corrected chi connectivity index (χ3v) is 3.29. The zero-order valence-electron chi connectivity index (χ0n) is 10.6. The lowest BCUT2D eigenvalue weighted by Gasteiger charge is -2.39. The summed E-state index contributed by atoms with van der Waals surface area (Å²) in [6.45, 7) is 0.389. The van der Waals surface area contributed by atoms with Gasteiger partial charge < -0.3 is 20.1 Å². The van der Waals surface area contributed by atoms with Crippen LogP contribution in [0.1, 0.15) is 18.5 Å². The van der Waals surface area contributed by atoms with Crippen LogP contribution in [0.5, 0.6) is 0 Å². The van der Waals surface area contributed by atoms with Crippen molar-refractivity contribution in [2.45, 2.75) is 31.1 Å². The van der Waals surface area contributed by atoms with E-state index in [1.165, 1.54) is 18.0 Å². The summed E-state index contributed by atoms with van der Waals surface area (Å²) < 4.78 is 6.20. The Morgan fingerprint density at radius 3 is 2.95 bits per heavy atom. The lowest BCUT2D eigenvalue weighted by atomic mass is 9.69. The van der Waals surface area contributed by atoms with Gasteiger partial charge in [0.1, 0.15) is 11.3 Å². The van der Waals surface area contributed by atoms with E-state index in [1.807, 2.05) is 0 Å². The fourth-order valence-electron chi connectivity index (χ4n) is 2.20. The molecule has 1 fully saturated rings. The Kier molecular flexibility index (Phi) is 3.83. The van der Waals surface area contributed by atoms with Gasteiger partial charge in [0, 0.05) is 7.11 Å². The van der Waals surface area contributed by atoms with Gasteiger partial charge in [0.05, 0.1) is 31.4 Å². The second-order valence-electron chi connectivity index (χ2n) is 4.91. The number of hydrogen-bond donors (Lipinski definition) is 3. The van der Waals surface area contributed by atoms with Gasteiger partial charge in [-0.25, -0.2) is 4.68 Å². The quantitative estimate of drug-likeness (QED) is 0.605. The Hall–Kier alpha value is -1.51. The number of aliphatic hydroxyl groups excluding tert-OH is 1. The maximum Gasteiger partial charge on any atom is 0.306 e. The van der Waals surface area contributed by atoms with Crippen molar-refractivity contribution in [1.29, 1.82) is 0 Å². The largest absolute Gasteiger partial charge is 0.481 e. The first-order valence-electron chi connectivity index (χ1n) is 5.97. The van der Waals surface area contributed by atoms with Gasteiger partial charge in [-0.3, -0.25) is 4.79 Å². The lowest BCUT2D eigenvalue weighted by molar-refractivity contribution is -0.160. The number of ether oxygens (including phenoxy) is 1. The van der Waals surface area contributed by atoms with Gasteiger partial charge in [-0.15, -0.1) is 5.10 Å². The molecule has 106 valence electrons. The zero-order chi connectivity index (χ0) is 14.0. The van der Waals surface area contributed by atoms with E-state index in [2.05, 4.69) is 10.3 Å². The molecule has 0 spiro atoms. The Balaban J connectivity index is 1.96. The van der Waals surface area contributed by atoms with Crippen LogP contribution in [0, 0.1) is 5.92 Å². The van der Waals surface area contributed by atoms with Gasteiger partial charge in [0.2, 0.25) is 0 Å². The molecule has 1 atom stereocenters. The number of carboxylic acids is 1. The van der Waals surface area contributed by atoms with Crippen LogP contribution in [0.4, 0.5) is 0 Å². The minimum Gasteiger partial charge on any atom is -0.481 e. The summed E-state index contributed by atoms with van der Waals surface area (Å²) in [4.78, 5) is 10.7. The molecule has 0 radical (unpaired) electrons. The summed E-state index contributed by atoms with van der Waals surface area (Å²) in [6, 6.07) is 0. The van der Waals surface area contributed by atoms with Crippen LogP contribution in [-0.2, 0) is 21.7 Å². The van der Waals surface area contributed by atoms with Gasteiger partial charge >= 0.3 is 5.97 Å². The number of carbonyl (C=O) groups is 1. The molecule has 8 nitrogen and oxygen atoms in total. The van der Waals surface area contributed by atoms with Crippen LogP contribution in [0.25, 0.3) is 0 Å². The first kappa shape index (κ1) is 13.9. The summed E-state index contributed by atoms with van der Waals surface area (Å²) in [5.74, 6) is -1.44. The Labute approximate surface area is 109 Å². The smallest absolute Gasteiger partial charge is 0.306 e. The van der Waals surface area contributed by atoms with E-state index < -0.39 is 23.6 Å². The minimum atomic E-state index is -1.21. The van der Waals surface area contributed by atoms with E-state index in [-0.39, 0.29) is 26.0 Å². The van der Waals surface area contributed by atoms with Gasteiger partial charge in [-0.05, 0) is 12.8 Å². The van der Waals surface area contributed by atoms with E-state index in [9.17, 15) is 15.0 Å². The Morgan fingerprint density at radius 1 is 1.68 bits per heavy atom. The zero-order valence-corrected chi connectivity index (χ0v) is 10.6. The predicted molar refractivity (Wildman–Crippen MR) is 62.2 cm³/mol. The highest BCUT2D eigenvalue weighted by Crippen LogP contribution is 2.44. The van der Waals surface area contributed by atoms with Crippen molar-refractivity contribution in [3.05, 3.63) is 11.9 Å². The topological polar surface area (TPSA) is 118 Å². The first-order valence-corrected chi connectivity index (χ1v) is 5.97. The van der Waals surface area contributed by atoms with E-state index in [0.717, 1.165) is 0 Å². The van der Waals surface area contributed by atoms with Crippen molar-refractivity contribution >= 4 is 5.97 Å². The summed E-state index contributed by atoms with van der Waals surface area (Å²) in [5, 5.41) is 36.2. The molecule has 1 aromatic rings. The van der Waals surface area contributed by atoms with Crippen molar-refractivity contribution in [2.75, 3.05) is 13.7 Å². The number of rotatable bonds is 6. The maximum atomic E-state index is 10.7. The number of aliphatic carboxylic acids is 1. The van der Waals surface area contributed by atoms with Crippen LogP contribution < -0.4 is 0 Å². The van der Waals surface area contributed by atoms with Crippen LogP contribution in [0.15, 0.2) is 6.20 Å². The average Bonchev–Trinajstić information content (AvgIpc) is 2.73. The summed E-state index contributed by atoms with van der Waals surface area (Å²) in [6.07, 6.45) is 1.10. The third-order valence-electron chi connectivity index (χ3n) is 3.29. The summed E-state index contributed by atoms with van der Waals surface area (Å²) >= 11 is 0. The monoisotopic (exact) mass is 271 g/mol. The maximum absolute atomic E-state index is 10.7. The molecular weight excluding hydrogens is 254 g/mol. The highest BCUT2D eigenvalue weighted by molar-refractivity contribution is 5.71. The number of hydrogen-bond acceptors (Lipinski definition) is 6. The molecule has 0 aliphatic heterocycles. The van der Waals surface area contributed by atoms with E-state index in [1.54, 1.807) is 0 Å². The number of nitrogens with zero attached hydrogens (tertiary/aromatic N) is 3. The number of aliphatic hydroxyl groups is 2. The van der Waals surface area contributed by atoms with Crippen molar-refractivity contribution in [2.24, 2.45) is 5.92 Å². The number of methoxy groups -OCH3 is 1. The molecule has 1 aliphatic carbocycles. The van der Waals surface area contributed by atoms with E-state index in [0.29, 0.717) is 5.69 Å². The van der Waals surface area contributed by atoms with Gasteiger partial charge in [0.15, 0.2) is 0 Å². The number of carboxylic acid groups (broad SMARTS) is 1. The fraction of sp³-hybridized carbons (Fsp3) is 0.727. The highest BCUT2D eigenvalue weighted by atomic mass is 16.5. The van der Waals surface area contributed by atoms with Gasteiger partial charge in [0.25, 0.3) is 0 Å². The van der Waals surface area contributed by atoms with Crippen LogP contribution in [0.3, 0.4) is 0 Å². The van der Waals surface area contributed by atoms with Gasteiger partial charge in [-0.2, -0.15) is 0 Å². The second kappa shape index (κ2) is 5.24. The molecule has 0 aromatic carbocycles. The molecule has 3 N–H and O–H groups in total. The van der Waals surface area contributed by atoms with E-state index in [4.69, 9.17) is 9.84 Å². The van der Waals surface area contributed by atoms with Crippen molar-refractivity contribution < 1.29 is 24.9 Å². The molecule has 1 saturated carbocycles. The van der Waals surface area contributed by atoms with Crippen molar-refractivity contribution in [1.82, 2.24) is 15.0 Å². The average molecular weight is 271 g/mol. The lowest BCUT2D eigenvalue weighted by Crippen LogP contribution is -2.44. The van der Waals surface area contributed by atoms with Crippen molar-refractivity contribution in [3.63, 3.8) is 0 Å². The summed E-state index contributed by atoms with van der Waals surface area (Å²) in [5.41, 5.74) is -0.873. The third kappa shape index (κ3) is 2.91. The van der Waals surface area contributed by atoms with Crippen molar-refractivity contribution in [3.8, 4) is 0 Å². The van der Waals surface area contributed by atoms with Crippen LogP contribution in [-0.4, -0.2) is 56.1 Å². The minimum absolute atomic E-state index is 0.141. The van der Waals surface area contributed by atoms with E-state index >= 15 is 0 Å². The normalized spacial score (nSPS) is 27.8. The SMILES string of the molecule is COC[C@H](O)Cn1cc(C2(O)CC(C(=O)O)C2)nn1. The van der Waals surface area contributed by atoms with Gasteiger partial charge in [-0.1, -0.05) is 5.21 Å². The van der Waals surface area contributed by atoms with Crippen LogP contribution in [0.2, 0.25) is 0 Å². The molecular formula is C11H17N3O5. The first-order chi connectivity index (χ1) is 8.94. The Bertz CT molecular complexity index is 455. The molecule has 0 amide bonds. The molecule has 1 aliphatic rings. The Morgan fingerprint density at radius 2 is 2.37 bits per heavy atom. The molecule has 0 saturated heterocycles.